The number of anilines is 1. The first-order valence-corrected chi connectivity index (χ1v) is 10.7. The van der Waals surface area contributed by atoms with Gasteiger partial charge in [0, 0.05) is 44.6 Å². The summed E-state index contributed by atoms with van der Waals surface area (Å²) in [5, 5.41) is 0. The Labute approximate surface area is 170 Å². The van der Waals surface area contributed by atoms with E-state index in [4.69, 9.17) is 14.2 Å². The molecule has 29 heavy (non-hydrogen) atoms. The van der Waals surface area contributed by atoms with Gasteiger partial charge >= 0.3 is 0 Å². The predicted octanol–water partition coefficient (Wildman–Crippen LogP) is 2.37. The summed E-state index contributed by atoms with van der Waals surface area (Å²) in [6, 6.07) is 10.8. The zero-order valence-electron chi connectivity index (χ0n) is 16.4. The number of carbonyl (C=O) groups is 1. The maximum atomic E-state index is 12.8. The molecular formula is C20H24N2O6S. The topological polar surface area (TPSA) is 94.2 Å². The van der Waals surface area contributed by atoms with Gasteiger partial charge in [-0.1, -0.05) is 6.07 Å². The van der Waals surface area contributed by atoms with Gasteiger partial charge in [-0.3, -0.25) is 9.52 Å². The average molecular weight is 420 g/mol. The highest BCUT2D eigenvalue weighted by atomic mass is 32.2. The van der Waals surface area contributed by atoms with Gasteiger partial charge in [-0.2, -0.15) is 0 Å². The van der Waals surface area contributed by atoms with Crippen molar-refractivity contribution in [3.63, 3.8) is 0 Å². The van der Waals surface area contributed by atoms with E-state index in [-0.39, 0.29) is 10.8 Å². The van der Waals surface area contributed by atoms with E-state index in [0.29, 0.717) is 49.1 Å². The maximum absolute atomic E-state index is 12.8. The standard InChI is InChI=1S/C20H24N2O6S/c1-22(9-4-10-26-2)20(23)15-5-3-6-16(13-15)21-29(24,25)17-7-8-18-19(14-17)28-12-11-27-18/h3,5-8,13-14,21H,4,9-12H2,1-2H3. The number of nitrogens with zero attached hydrogens (tertiary/aromatic N) is 1. The Balaban J connectivity index is 1.74. The predicted molar refractivity (Wildman–Crippen MR) is 108 cm³/mol. The Morgan fingerprint density at radius 1 is 1.14 bits per heavy atom. The van der Waals surface area contributed by atoms with E-state index >= 15 is 0 Å². The lowest BCUT2D eigenvalue weighted by Crippen LogP contribution is -2.28. The van der Waals surface area contributed by atoms with E-state index in [2.05, 4.69) is 4.72 Å². The average Bonchev–Trinajstić information content (AvgIpc) is 2.72. The molecule has 9 heteroatoms. The first kappa shape index (κ1) is 20.9. The highest BCUT2D eigenvalue weighted by Crippen LogP contribution is 2.32. The number of sulfonamides is 1. The number of methoxy groups -OCH3 is 1. The van der Waals surface area contributed by atoms with Gasteiger partial charge in [0.2, 0.25) is 0 Å². The number of fused-ring (bicyclic) bond motifs is 1. The first-order chi connectivity index (χ1) is 13.9. The van der Waals surface area contributed by atoms with Crippen LogP contribution < -0.4 is 14.2 Å². The number of nitrogens with one attached hydrogen (secondary N) is 1. The molecule has 2 aromatic rings. The Morgan fingerprint density at radius 2 is 1.90 bits per heavy atom. The molecule has 0 bridgehead atoms. The normalized spacial score (nSPS) is 13.0. The summed E-state index contributed by atoms with van der Waals surface area (Å²) in [6.45, 7) is 1.90. The Kier molecular flexibility index (Phi) is 6.60. The summed E-state index contributed by atoms with van der Waals surface area (Å²) < 4.78 is 43.9. The van der Waals surface area contributed by atoms with Crippen molar-refractivity contribution < 1.29 is 27.4 Å². The summed E-state index contributed by atoms with van der Waals surface area (Å²) in [4.78, 5) is 14.2. The van der Waals surface area contributed by atoms with E-state index in [0.717, 1.165) is 6.42 Å². The van der Waals surface area contributed by atoms with Crippen molar-refractivity contribution in [1.29, 1.82) is 0 Å². The van der Waals surface area contributed by atoms with Crippen LogP contribution in [0.15, 0.2) is 47.4 Å². The fourth-order valence-electron chi connectivity index (χ4n) is 2.89. The van der Waals surface area contributed by atoms with Gasteiger partial charge in [-0.15, -0.1) is 0 Å². The second kappa shape index (κ2) is 9.15. The number of rotatable bonds is 8. The Hall–Kier alpha value is -2.78. The largest absolute Gasteiger partial charge is 0.486 e. The lowest BCUT2D eigenvalue weighted by Gasteiger charge is -2.19. The number of carbonyl (C=O) groups excluding carboxylic acids is 1. The molecule has 1 aliphatic rings. The van der Waals surface area contributed by atoms with Crippen LogP contribution in [0, 0.1) is 0 Å². The summed E-state index contributed by atoms with van der Waals surface area (Å²) in [5.74, 6) is 0.710. The molecule has 0 aromatic heterocycles. The molecule has 0 radical (unpaired) electrons. The molecule has 0 unspecified atom stereocenters. The van der Waals surface area contributed by atoms with Crippen LogP contribution in [0.5, 0.6) is 11.5 Å². The molecule has 0 aliphatic carbocycles. The third-order valence-electron chi connectivity index (χ3n) is 4.37. The zero-order chi connectivity index (χ0) is 20.9. The molecule has 1 N–H and O–H groups in total. The first-order valence-electron chi connectivity index (χ1n) is 9.17. The highest BCUT2D eigenvalue weighted by molar-refractivity contribution is 7.92. The monoisotopic (exact) mass is 420 g/mol. The molecule has 1 heterocycles. The van der Waals surface area contributed by atoms with E-state index < -0.39 is 10.0 Å². The van der Waals surface area contributed by atoms with Gasteiger partial charge in [-0.25, -0.2) is 8.42 Å². The minimum Gasteiger partial charge on any atom is -0.486 e. The molecule has 0 saturated carbocycles. The molecule has 2 aromatic carbocycles. The molecule has 0 atom stereocenters. The van der Waals surface area contributed by atoms with Crippen molar-refractivity contribution in [3.8, 4) is 11.5 Å². The number of hydrogen-bond donors (Lipinski definition) is 1. The van der Waals surface area contributed by atoms with Crippen LogP contribution in [0.4, 0.5) is 5.69 Å². The van der Waals surface area contributed by atoms with Crippen LogP contribution in [0.25, 0.3) is 0 Å². The molecule has 156 valence electrons. The second-order valence-electron chi connectivity index (χ2n) is 6.56. The van der Waals surface area contributed by atoms with Crippen molar-refractivity contribution in [2.24, 2.45) is 0 Å². The minimum atomic E-state index is -3.85. The van der Waals surface area contributed by atoms with Crippen LogP contribution in [-0.2, 0) is 14.8 Å². The summed E-state index contributed by atoms with van der Waals surface area (Å²) in [5.41, 5.74) is 0.698. The number of benzene rings is 2. The molecule has 0 saturated heterocycles. The van der Waals surface area contributed by atoms with Gasteiger partial charge in [0.15, 0.2) is 11.5 Å². The number of ether oxygens (including phenoxy) is 3. The van der Waals surface area contributed by atoms with Crippen LogP contribution in [0.3, 0.4) is 0 Å². The van der Waals surface area contributed by atoms with Crippen molar-refractivity contribution in [2.75, 3.05) is 45.2 Å². The van der Waals surface area contributed by atoms with Gasteiger partial charge in [0.1, 0.15) is 13.2 Å². The smallest absolute Gasteiger partial charge is 0.262 e. The van der Waals surface area contributed by atoms with Crippen LogP contribution in [-0.4, -0.2) is 59.7 Å². The van der Waals surface area contributed by atoms with Crippen molar-refractivity contribution in [1.82, 2.24) is 4.90 Å². The fourth-order valence-corrected chi connectivity index (χ4v) is 3.95. The number of hydrogen-bond acceptors (Lipinski definition) is 6. The fraction of sp³-hybridized carbons (Fsp3) is 0.350. The third-order valence-corrected chi connectivity index (χ3v) is 5.75. The van der Waals surface area contributed by atoms with Gasteiger partial charge in [0.05, 0.1) is 4.90 Å². The van der Waals surface area contributed by atoms with E-state index in [1.165, 1.54) is 18.2 Å². The van der Waals surface area contributed by atoms with Crippen molar-refractivity contribution >= 4 is 21.6 Å². The van der Waals surface area contributed by atoms with Crippen LogP contribution >= 0.6 is 0 Å². The summed E-state index contributed by atoms with van der Waals surface area (Å²) >= 11 is 0. The van der Waals surface area contributed by atoms with E-state index in [1.807, 2.05) is 0 Å². The molecule has 0 spiro atoms. The summed E-state index contributed by atoms with van der Waals surface area (Å²) in [7, 11) is -0.545. The van der Waals surface area contributed by atoms with E-state index in [1.54, 1.807) is 43.3 Å². The van der Waals surface area contributed by atoms with Gasteiger partial charge in [0.25, 0.3) is 15.9 Å². The SMILES string of the molecule is COCCCN(C)C(=O)c1cccc(NS(=O)(=O)c2ccc3c(c2)OCCO3)c1. The van der Waals surface area contributed by atoms with Gasteiger partial charge in [-0.05, 0) is 36.8 Å². The minimum absolute atomic E-state index is 0.0511. The van der Waals surface area contributed by atoms with Crippen LogP contribution in [0.1, 0.15) is 16.8 Å². The van der Waals surface area contributed by atoms with Crippen molar-refractivity contribution in [3.05, 3.63) is 48.0 Å². The number of amides is 1. The quantitative estimate of drug-likeness (QED) is 0.659. The van der Waals surface area contributed by atoms with Crippen molar-refractivity contribution in [2.45, 2.75) is 11.3 Å². The Morgan fingerprint density at radius 3 is 2.66 bits per heavy atom. The van der Waals surface area contributed by atoms with Crippen LogP contribution in [0.2, 0.25) is 0 Å². The molecule has 1 amide bonds. The molecule has 0 fully saturated rings. The van der Waals surface area contributed by atoms with Gasteiger partial charge < -0.3 is 19.1 Å². The maximum Gasteiger partial charge on any atom is 0.262 e. The molecular weight excluding hydrogens is 396 g/mol. The Bertz CT molecular complexity index is 977. The molecule has 1 aliphatic heterocycles. The molecule has 8 nitrogen and oxygen atoms in total. The second-order valence-corrected chi connectivity index (χ2v) is 8.25. The highest BCUT2D eigenvalue weighted by Gasteiger charge is 2.20. The lowest BCUT2D eigenvalue weighted by molar-refractivity contribution is 0.0779. The van der Waals surface area contributed by atoms with E-state index in [9.17, 15) is 13.2 Å². The summed E-state index contributed by atoms with van der Waals surface area (Å²) in [6.07, 6.45) is 0.717. The zero-order valence-corrected chi connectivity index (χ0v) is 17.2. The lowest BCUT2D eigenvalue weighted by atomic mass is 10.2. The molecule has 3 rings (SSSR count). The third kappa shape index (κ3) is 5.18.